The van der Waals surface area contributed by atoms with Crippen molar-refractivity contribution in [2.75, 3.05) is 18.4 Å². The minimum Gasteiger partial charge on any atom is -0.302 e. The first-order valence-corrected chi connectivity index (χ1v) is 12.9. The number of hydrogen-bond acceptors (Lipinski definition) is 6. The van der Waals surface area contributed by atoms with Crippen molar-refractivity contribution in [3.63, 3.8) is 0 Å². The van der Waals surface area contributed by atoms with E-state index in [1.807, 2.05) is 48.9 Å². The highest BCUT2D eigenvalue weighted by Crippen LogP contribution is 2.30. The van der Waals surface area contributed by atoms with E-state index in [1.54, 1.807) is 17.4 Å². The van der Waals surface area contributed by atoms with Crippen LogP contribution in [0.15, 0.2) is 46.0 Å². The summed E-state index contributed by atoms with van der Waals surface area (Å²) in [5, 5.41) is 7.40. The van der Waals surface area contributed by atoms with E-state index in [-0.39, 0.29) is 11.8 Å². The van der Waals surface area contributed by atoms with Gasteiger partial charge in [-0.05, 0) is 49.8 Å². The molecule has 4 rings (SSSR count). The monoisotopic (exact) mass is 461 g/mol. The minimum absolute atomic E-state index is 0.0920. The van der Waals surface area contributed by atoms with Gasteiger partial charge in [0.05, 0.1) is 15.5 Å². The number of sulfonamides is 1. The molecule has 9 heteroatoms. The number of nitrogens with one attached hydrogen (secondary N) is 1. The van der Waals surface area contributed by atoms with Gasteiger partial charge >= 0.3 is 0 Å². The first kappa shape index (κ1) is 21.2. The minimum atomic E-state index is -3.55. The zero-order valence-corrected chi connectivity index (χ0v) is 19.2. The summed E-state index contributed by atoms with van der Waals surface area (Å²) < 4.78 is 27.5. The second-order valence-electron chi connectivity index (χ2n) is 7.45. The number of amides is 1. The standard InChI is InChI=1S/C21H23N3O3S3/c1-14-5-6-19(15(2)12-14)30(26,27)24-9-7-16(8-10-24)20(25)23-21-22-17(13-29-21)18-4-3-11-28-18/h3-6,11-13,16H,7-10H2,1-2H3,(H,22,23,25). The Labute approximate surface area is 184 Å². The smallest absolute Gasteiger partial charge is 0.243 e. The lowest BCUT2D eigenvalue weighted by molar-refractivity contribution is -0.120. The van der Waals surface area contributed by atoms with Gasteiger partial charge in [0.2, 0.25) is 15.9 Å². The molecule has 1 amide bonds. The number of carbonyl (C=O) groups excluding carboxylic acids is 1. The molecule has 0 aliphatic carbocycles. The van der Waals surface area contributed by atoms with Crippen LogP contribution >= 0.6 is 22.7 Å². The number of thiophene rings is 1. The van der Waals surface area contributed by atoms with Gasteiger partial charge < -0.3 is 5.32 Å². The molecule has 158 valence electrons. The van der Waals surface area contributed by atoms with E-state index in [4.69, 9.17) is 0 Å². The lowest BCUT2D eigenvalue weighted by Gasteiger charge is -2.30. The quantitative estimate of drug-likeness (QED) is 0.606. The molecule has 3 aromatic rings. The van der Waals surface area contributed by atoms with Gasteiger partial charge in [-0.3, -0.25) is 4.79 Å². The largest absolute Gasteiger partial charge is 0.302 e. The van der Waals surface area contributed by atoms with Gasteiger partial charge in [-0.15, -0.1) is 22.7 Å². The number of aryl methyl sites for hydroxylation is 2. The molecule has 1 aromatic carbocycles. The van der Waals surface area contributed by atoms with E-state index in [2.05, 4.69) is 10.3 Å². The molecular weight excluding hydrogens is 438 g/mol. The van der Waals surface area contributed by atoms with Crippen LogP contribution in [0.4, 0.5) is 5.13 Å². The van der Waals surface area contributed by atoms with Crippen LogP contribution in [0.25, 0.3) is 10.6 Å². The molecule has 1 N–H and O–H groups in total. The van der Waals surface area contributed by atoms with Crippen LogP contribution in [0.2, 0.25) is 0 Å². The van der Waals surface area contributed by atoms with Crippen molar-refractivity contribution in [1.82, 2.24) is 9.29 Å². The third-order valence-electron chi connectivity index (χ3n) is 5.28. The number of nitrogens with zero attached hydrogens (tertiary/aromatic N) is 2. The molecule has 3 heterocycles. The van der Waals surface area contributed by atoms with Gasteiger partial charge in [0.15, 0.2) is 5.13 Å². The molecule has 30 heavy (non-hydrogen) atoms. The normalized spacial score (nSPS) is 15.9. The Morgan fingerprint density at radius 1 is 1.17 bits per heavy atom. The van der Waals surface area contributed by atoms with Gasteiger partial charge in [0, 0.05) is 24.4 Å². The van der Waals surface area contributed by atoms with Crippen LogP contribution in [-0.2, 0) is 14.8 Å². The van der Waals surface area contributed by atoms with E-state index < -0.39 is 10.0 Å². The third-order valence-corrected chi connectivity index (χ3v) is 8.99. The summed E-state index contributed by atoms with van der Waals surface area (Å²) in [6.45, 7) is 4.44. The van der Waals surface area contributed by atoms with Crippen LogP contribution in [0.1, 0.15) is 24.0 Å². The molecule has 0 spiro atoms. The molecule has 1 saturated heterocycles. The van der Waals surface area contributed by atoms with Crippen molar-refractivity contribution in [2.45, 2.75) is 31.6 Å². The zero-order chi connectivity index (χ0) is 21.3. The average molecular weight is 462 g/mol. The molecule has 1 aliphatic rings. The summed E-state index contributed by atoms with van der Waals surface area (Å²) in [6.07, 6.45) is 0.998. The number of carbonyl (C=O) groups is 1. The summed E-state index contributed by atoms with van der Waals surface area (Å²) in [5.41, 5.74) is 2.64. The summed E-state index contributed by atoms with van der Waals surface area (Å²) >= 11 is 3.01. The van der Waals surface area contributed by atoms with E-state index in [1.165, 1.54) is 15.6 Å². The van der Waals surface area contributed by atoms with E-state index in [9.17, 15) is 13.2 Å². The number of piperidine rings is 1. The fraction of sp³-hybridized carbons (Fsp3) is 0.333. The number of rotatable bonds is 5. The van der Waals surface area contributed by atoms with E-state index in [0.29, 0.717) is 36.0 Å². The molecule has 6 nitrogen and oxygen atoms in total. The topological polar surface area (TPSA) is 79.4 Å². The second kappa shape index (κ2) is 8.58. The van der Waals surface area contributed by atoms with Gasteiger partial charge in [0.1, 0.15) is 0 Å². The zero-order valence-electron chi connectivity index (χ0n) is 16.8. The maximum Gasteiger partial charge on any atom is 0.243 e. The van der Waals surface area contributed by atoms with Crippen LogP contribution in [0.3, 0.4) is 0 Å². The highest BCUT2D eigenvalue weighted by atomic mass is 32.2. The van der Waals surface area contributed by atoms with Gasteiger partial charge in [0.25, 0.3) is 0 Å². The summed E-state index contributed by atoms with van der Waals surface area (Å²) in [5.74, 6) is -0.310. The van der Waals surface area contributed by atoms with Crippen LogP contribution in [0.5, 0.6) is 0 Å². The van der Waals surface area contributed by atoms with Crippen molar-refractivity contribution >= 4 is 43.7 Å². The van der Waals surface area contributed by atoms with Crippen LogP contribution in [0, 0.1) is 19.8 Å². The molecule has 0 saturated carbocycles. The molecule has 0 bridgehead atoms. The van der Waals surface area contributed by atoms with Crippen molar-refractivity contribution in [3.05, 3.63) is 52.2 Å². The number of anilines is 1. The molecular formula is C21H23N3O3S3. The van der Waals surface area contributed by atoms with Crippen molar-refractivity contribution in [2.24, 2.45) is 5.92 Å². The van der Waals surface area contributed by atoms with Crippen molar-refractivity contribution in [1.29, 1.82) is 0 Å². The number of thiazole rings is 1. The molecule has 0 radical (unpaired) electrons. The Morgan fingerprint density at radius 2 is 1.93 bits per heavy atom. The molecule has 1 aliphatic heterocycles. The molecule has 0 unspecified atom stereocenters. The Balaban J connectivity index is 1.37. The highest BCUT2D eigenvalue weighted by molar-refractivity contribution is 7.89. The van der Waals surface area contributed by atoms with Gasteiger partial charge in [-0.1, -0.05) is 23.8 Å². The van der Waals surface area contributed by atoms with Crippen LogP contribution in [-0.4, -0.2) is 36.7 Å². The second-order valence-corrected chi connectivity index (χ2v) is 11.2. The first-order valence-electron chi connectivity index (χ1n) is 9.72. The number of aromatic nitrogens is 1. The predicted octanol–water partition coefficient (Wildman–Crippen LogP) is 4.53. The molecule has 1 fully saturated rings. The SMILES string of the molecule is Cc1ccc(S(=O)(=O)N2CCC(C(=O)Nc3nc(-c4cccs4)cs3)CC2)c(C)c1. The number of benzene rings is 1. The Morgan fingerprint density at radius 3 is 2.60 bits per heavy atom. The van der Waals surface area contributed by atoms with Crippen molar-refractivity contribution in [3.8, 4) is 10.6 Å². The number of hydrogen-bond donors (Lipinski definition) is 1. The molecule has 0 atom stereocenters. The first-order chi connectivity index (χ1) is 14.3. The Bertz CT molecular complexity index is 1150. The third kappa shape index (κ3) is 4.34. The van der Waals surface area contributed by atoms with Crippen LogP contribution < -0.4 is 5.32 Å². The maximum absolute atomic E-state index is 13.0. The van der Waals surface area contributed by atoms with Gasteiger partial charge in [-0.25, -0.2) is 13.4 Å². The van der Waals surface area contributed by atoms with E-state index >= 15 is 0 Å². The average Bonchev–Trinajstić information content (AvgIpc) is 3.39. The lowest BCUT2D eigenvalue weighted by Crippen LogP contribution is -2.41. The maximum atomic E-state index is 13.0. The highest BCUT2D eigenvalue weighted by Gasteiger charge is 2.33. The summed E-state index contributed by atoms with van der Waals surface area (Å²) in [4.78, 5) is 18.6. The van der Waals surface area contributed by atoms with Gasteiger partial charge in [-0.2, -0.15) is 4.31 Å². The fourth-order valence-electron chi connectivity index (χ4n) is 3.66. The Hall–Kier alpha value is -2.07. The summed E-state index contributed by atoms with van der Waals surface area (Å²) in [6, 6.07) is 9.34. The summed E-state index contributed by atoms with van der Waals surface area (Å²) in [7, 11) is -3.55. The van der Waals surface area contributed by atoms with Crippen molar-refractivity contribution < 1.29 is 13.2 Å². The lowest BCUT2D eigenvalue weighted by atomic mass is 9.97. The molecule has 2 aromatic heterocycles. The Kier molecular flexibility index (Phi) is 6.06. The fourth-order valence-corrected chi connectivity index (χ4v) is 6.81. The van der Waals surface area contributed by atoms with E-state index in [0.717, 1.165) is 21.7 Å². The predicted molar refractivity (Wildman–Crippen MR) is 121 cm³/mol.